The Hall–Kier alpha value is -2.53. The van der Waals surface area contributed by atoms with Crippen LogP contribution in [0.5, 0.6) is 5.75 Å². The van der Waals surface area contributed by atoms with Crippen LogP contribution in [0.2, 0.25) is 0 Å². The third kappa shape index (κ3) is 4.46. The fourth-order valence-corrected chi connectivity index (χ4v) is 4.80. The van der Waals surface area contributed by atoms with Crippen LogP contribution in [-0.4, -0.2) is 57.9 Å². The van der Waals surface area contributed by atoms with Gasteiger partial charge in [0.05, 0.1) is 7.11 Å². The summed E-state index contributed by atoms with van der Waals surface area (Å²) < 4.78 is 11.0. The normalized spacial score (nSPS) is 21.5. The average molecular weight is 408 g/mol. The van der Waals surface area contributed by atoms with E-state index < -0.39 is 0 Å². The molecule has 30 heavy (non-hydrogen) atoms. The van der Waals surface area contributed by atoms with Gasteiger partial charge in [-0.05, 0) is 42.5 Å². The minimum Gasteiger partial charge on any atom is -0.497 e. The summed E-state index contributed by atoms with van der Waals surface area (Å²) in [6.07, 6.45) is 3.19. The van der Waals surface area contributed by atoms with E-state index in [-0.39, 0.29) is 5.41 Å². The Morgan fingerprint density at radius 2 is 1.87 bits per heavy atom. The number of nitrogens with zero attached hydrogens (tertiary/aromatic N) is 2. The predicted octanol–water partition coefficient (Wildman–Crippen LogP) is 3.81. The Balaban J connectivity index is 1.44. The van der Waals surface area contributed by atoms with E-state index in [1.165, 1.54) is 17.5 Å². The number of likely N-dealkylation sites (tertiary alicyclic amines) is 1. The standard InChI is InChI=1S/C25H33N3O2/c1-26-24(28-15-12-21(18-28)20-6-4-3-5-7-20)27-19-25(13-16-30-17-14-25)22-8-10-23(29-2)11-9-22/h3-11,21H,12-19H2,1-2H3,(H,26,27). The number of benzene rings is 2. The van der Waals surface area contributed by atoms with Gasteiger partial charge in [-0.1, -0.05) is 42.5 Å². The first-order valence-electron chi connectivity index (χ1n) is 11.0. The van der Waals surface area contributed by atoms with E-state index in [1.807, 2.05) is 7.05 Å². The van der Waals surface area contributed by atoms with E-state index in [0.717, 1.165) is 57.4 Å². The molecular weight excluding hydrogens is 374 g/mol. The van der Waals surface area contributed by atoms with E-state index in [0.29, 0.717) is 5.92 Å². The monoisotopic (exact) mass is 407 g/mol. The van der Waals surface area contributed by atoms with Crippen molar-refractivity contribution in [3.8, 4) is 5.75 Å². The molecule has 0 bridgehead atoms. The Morgan fingerprint density at radius 3 is 2.53 bits per heavy atom. The van der Waals surface area contributed by atoms with Crippen LogP contribution in [0.4, 0.5) is 0 Å². The SMILES string of the molecule is CN=C(NCC1(c2ccc(OC)cc2)CCOCC1)N1CCC(c2ccccc2)C1. The number of ether oxygens (including phenoxy) is 2. The van der Waals surface area contributed by atoms with Crippen LogP contribution in [0.1, 0.15) is 36.3 Å². The van der Waals surface area contributed by atoms with Gasteiger partial charge < -0.3 is 19.7 Å². The first-order valence-corrected chi connectivity index (χ1v) is 11.0. The number of guanidine groups is 1. The number of rotatable bonds is 5. The van der Waals surface area contributed by atoms with Crippen molar-refractivity contribution in [2.45, 2.75) is 30.6 Å². The molecule has 0 radical (unpaired) electrons. The second-order valence-corrected chi connectivity index (χ2v) is 8.36. The topological polar surface area (TPSA) is 46.1 Å². The van der Waals surface area contributed by atoms with E-state index in [2.05, 4.69) is 69.8 Å². The van der Waals surface area contributed by atoms with Crippen molar-refractivity contribution in [3.63, 3.8) is 0 Å². The van der Waals surface area contributed by atoms with Gasteiger partial charge in [-0.3, -0.25) is 4.99 Å². The van der Waals surface area contributed by atoms with Crippen molar-refractivity contribution in [3.05, 3.63) is 65.7 Å². The molecule has 0 saturated carbocycles. The van der Waals surface area contributed by atoms with Gasteiger partial charge in [-0.25, -0.2) is 0 Å². The van der Waals surface area contributed by atoms with Crippen molar-refractivity contribution in [2.24, 2.45) is 4.99 Å². The van der Waals surface area contributed by atoms with Crippen LogP contribution in [0, 0.1) is 0 Å². The van der Waals surface area contributed by atoms with Gasteiger partial charge in [-0.2, -0.15) is 0 Å². The second kappa shape index (κ2) is 9.52. The molecule has 160 valence electrons. The lowest BCUT2D eigenvalue weighted by atomic mass is 9.74. The van der Waals surface area contributed by atoms with Crippen molar-refractivity contribution < 1.29 is 9.47 Å². The molecule has 0 aromatic heterocycles. The Labute approximate surface area is 180 Å². The van der Waals surface area contributed by atoms with E-state index in [9.17, 15) is 0 Å². The van der Waals surface area contributed by atoms with Crippen molar-refractivity contribution in [1.82, 2.24) is 10.2 Å². The molecule has 2 fully saturated rings. The molecule has 2 aliphatic rings. The number of aliphatic imine (C=N–C) groups is 1. The summed E-state index contributed by atoms with van der Waals surface area (Å²) in [5, 5.41) is 3.71. The first-order chi connectivity index (χ1) is 14.7. The number of hydrogen-bond donors (Lipinski definition) is 1. The highest BCUT2D eigenvalue weighted by Gasteiger charge is 2.35. The lowest BCUT2D eigenvalue weighted by molar-refractivity contribution is 0.0512. The Kier molecular flexibility index (Phi) is 6.58. The fourth-order valence-electron chi connectivity index (χ4n) is 4.80. The summed E-state index contributed by atoms with van der Waals surface area (Å²) >= 11 is 0. The third-order valence-corrected chi connectivity index (χ3v) is 6.71. The zero-order chi connectivity index (χ0) is 20.8. The molecule has 2 saturated heterocycles. The zero-order valence-corrected chi connectivity index (χ0v) is 18.1. The van der Waals surface area contributed by atoms with Crippen molar-refractivity contribution in [1.29, 1.82) is 0 Å². The smallest absolute Gasteiger partial charge is 0.193 e. The summed E-state index contributed by atoms with van der Waals surface area (Å²) in [4.78, 5) is 7.02. The van der Waals surface area contributed by atoms with Gasteiger partial charge in [0.1, 0.15) is 5.75 Å². The minimum atomic E-state index is 0.0546. The second-order valence-electron chi connectivity index (χ2n) is 8.36. The molecule has 5 heteroatoms. The van der Waals surface area contributed by atoms with Gasteiger partial charge in [-0.15, -0.1) is 0 Å². The van der Waals surface area contributed by atoms with Gasteiger partial charge in [0.25, 0.3) is 0 Å². The molecule has 1 atom stereocenters. The number of hydrogen-bond acceptors (Lipinski definition) is 3. The highest BCUT2D eigenvalue weighted by Crippen LogP contribution is 2.35. The summed E-state index contributed by atoms with van der Waals surface area (Å²) in [6.45, 7) is 4.51. The quantitative estimate of drug-likeness (QED) is 0.605. The molecule has 4 rings (SSSR count). The van der Waals surface area contributed by atoms with Gasteiger partial charge >= 0.3 is 0 Å². The zero-order valence-electron chi connectivity index (χ0n) is 18.1. The molecule has 2 aromatic rings. The summed E-state index contributed by atoms with van der Waals surface area (Å²) in [7, 11) is 3.60. The minimum absolute atomic E-state index is 0.0546. The molecule has 1 N–H and O–H groups in total. The maximum absolute atomic E-state index is 5.69. The van der Waals surface area contributed by atoms with Crippen LogP contribution < -0.4 is 10.1 Å². The molecule has 0 amide bonds. The number of nitrogens with one attached hydrogen (secondary N) is 1. The summed E-state index contributed by atoms with van der Waals surface area (Å²) in [6, 6.07) is 19.4. The number of methoxy groups -OCH3 is 1. The van der Waals surface area contributed by atoms with Gasteiger partial charge in [0, 0.05) is 51.2 Å². The van der Waals surface area contributed by atoms with E-state index in [1.54, 1.807) is 7.11 Å². The predicted molar refractivity (Wildman–Crippen MR) is 121 cm³/mol. The Bertz CT molecular complexity index is 829. The van der Waals surface area contributed by atoms with Gasteiger partial charge in [0.15, 0.2) is 5.96 Å². The van der Waals surface area contributed by atoms with Crippen LogP contribution in [-0.2, 0) is 10.2 Å². The van der Waals surface area contributed by atoms with E-state index in [4.69, 9.17) is 9.47 Å². The van der Waals surface area contributed by atoms with Gasteiger partial charge in [0.2, 0.25) is 0 Å². The van der Waals surface area contributed by atoms with Crippen LogP contribution in [0.25, 0.3) is 0 Å². The lowest BCUT2D eigenvalue weighted by Crippen LogP contribution is -2.48. The highest BCUT2D eigenvalue weighted by molar-refractivity contribution is 5.80. The largest absolute Gasteiger partial charge is 0.497 e. The molecule has 0 spiro atoms. The van der Waals surface area contributed by atoms with Crippen molar-refractivity contribution in [2.75, 3.05) is 47.0 Å². The maximum Gasteiger partial charge on any atom is 0.193 e. The fraction of sp³-hybridized carbons (Fsp3) is 0.480. The maximum atomic E-state index is 5.69. The molecule has 0 aliphatic carbocycles. The molecule has 5 nitrogen and oxygen atoms in total. The average Bonchev–Trinajstić information content (AvgIpc) is 3.31. The van der Waals surface area contributed by atoms with Crippen LogP contribution >= 0.6 is 0 Å². The lowest BCUT2D eigenvalue weighted by Gasteiger charge is -2.39. The van der Waals surface area contributed by atoms with Crippen molar-refractivity contribution >= 4 is 5.96 Å². The molecular formula is C25H33N3O2. The third-order valence-electron chi connectivity index (χ3n) is 6.71. The first kappa shape index (κ1) is 20.7. The van der Waals surface area contributed by atoms with Crippen LogP contribution in [0.3, 0.4) is 0 Å². The molecule has 2 aromatic carbocycles. The summed E-state index contributed by atoms with van der Waals surface area (Å²) in [5.74, 6) is 2.48. The molecule has 2 aliphatic heterocycles. The van der Waals surface area contributed by atoms with E-state index >= 15 is 0 Å². The van der Waals surface area contributed by atoms with Crippen LogP contribution in [0.15, 0.2) is 59.6 Å². The molecule has 1 unspecified atom stereocenters. The molecule has 2 heterocycles. The Morgan fingerprint density at radius 1 is 1.13 bits per heavy atom. The highest BCUT2D eigenvalue weighted by atomic mass is 16.5. The summed E-state index contributed by atoms with van der Waals surface area (Å²) in [5.41, 5.74) is 2.83.